The van der Waals surface area contributed by atoms with Crippen molar-refractivity contribution in [1.29, 1.82) is 0 Å². The Kier molecular flexibility index (Phi) is 4.49. The summed E-state index contributed by atoms with van der Waals surface area (Å²) >= 11 is 0. The van der Waals surface area contributed by atoms with Gasteiger partial charge in [0.1, 0.15) is 11.5 Å². The molecule has 36 heavy (non-hydrogen) atoms. The van der Waals surface area contributed by atoms with Crippen molar-refractivity contribution in [3.8, 4) is 16.9 Å². The highest BCUT2D eigenvalue weighted by Gasteiger charge is 2.47. The van der Waals surface area contributed by atoms with Crippen LogP contribution in [0, 0.1) is 12.3 Å². The Bertz CT molecular complexity index is 1630. The molecule has 8 heteroatoms. The number of carbonyl (C=O) groups excluding carboxylic acids is 1. The molecule has 2 aliphatic rings. The van der Waals surface area contributed by atoms with Crippen LogP contribution in [-0.4, -0.2) is 62.0 Å². The van der Waals surface area contributed by atoms with E-state index in [1.54, 1.807) is 0 Å². The first-order chi connectivity index (χ1) is 17.5. The van der Waals surface area contributed by atoms with Gasteiger partial charge in [-0.05, 0) is 37.1 Å². The molecule has 2 aliphatic heterocycles. The van der Waals surface area contributed by atoms with Crippen LogP contribution in [0.1, 0.15) is 12.0 Å². The number of carbonyl (C=O) groups is 1. The summed E-state index contributed by atoms with van der Waals surface area (Å²) in [6.07, 6.45) is 6.02. The summed E-state index contributed by atoms with van der Waals surface area (Å²) in [4.78, 5) is 20.1. The van der Waals surface area contributed by atoms with E-state index in [0.29, 0.717) is 0 Å². The first-order valence-electron chi connectivity index (χ1n) is 12.4. The maximum absolute atomic E-state index is 11.1. The topological polar surface area (TPSA) is 72.1 Å². The Morgan fingerprint density at radius 2 is 1.83 bits per heavy atom. The molecule has 5 aromatic rings. The van der Waals surface area contributed by atoms with Gasteiger partial charge in [-0.15, -0.1) is 0 Å². The molecule has 7 rings (SSSR count). The minimum Gasteiger partial charge on any atom is -0.355 e. The summed E-state index contributed by atoms with van der Waals surface area (Å²) in [7, 11) is 1.95. The Hall–Kier alpha value is -4.20. The highest BCUT2D eigenvalue weighted by atomic mass is 16.1. The van der Waals surface area contributed by atoms with E-state index >= 15 is 0 Å². The maximum atomic E-state index is 11.1. The zero-order chi connectivity index (χ0) is 24.4. The molecule has 2 saturated heterocycles. The molecule has 0 radical (unpaired) electrons. The fourth-order valence-electron chi connectivity index (χ4n) is 6.02. The van der Waals surface area contributed by atoms with Crippen molar-refractivity contribution < 1.29 is 4.79 Å². The van der Waals surface area contributed by atoms with Crippen LogP contribution in [0.25, 0.3) is 38.8 Å². The SMILES string of the molecule is Cc1cccc2c(-c3cccc4nn(C)cc34)nn(-c3ccc(N4CC5(CCN(C=O)C5)C4)nc3)c12. The average Bonchev–Trinajstić information content (AvgIpc) is 3.58. The number of benzene rings is 2. The lowest BCUT2D eigenvalue weighted by Crippen LogP contribution is -2.58. The Morgan fingerprint density at radius 1 is 0.972 bits per heavy atom. The molecular weight excluding hydrogens is 450 g/mol. The lowest BCUT2D eigenvalue weighted by molar-refractivity contribution is -0.117. The quantitative estimate of drug-likeness (QED) is 0.367. The lowest BCUT2D eigenvalue weighted by Gasteiger charge is -2.48. The fraction of sp³-hybridized carbons (Fsp3) is 0.286. The van der Waals surface area contributed by atoms with E-state index < -0.39 is 0 Å². The van der Waals surface area contributed by atoms with Crippen LogP contribution in [0.2, 0.25) is 0 Å². The molecule has 5 heterocycles. The summed E-state index contributed by atoms with van der Waals surface area (Å²) in [5.74, 6) is 0.975. The number of hydrogen-bond acceptors (Lipinski definition) is 5. The number of rotatable bonds is 4. The summed E-state index contributed by atoms with van der Waals surface area (Å²) < 4.78 is 3.87. The molecule has 0 saturated carbocycles. The summed E-state index contributed by atoms with van der Waals surface area (Å²) in [6, 6.07) is 16.7. The lowest BCUT2D eigenvalue weighted by atomic mass is 9.79. The number of anilines is 1. The van der Waals surface area contributed by atoms with Gasteiger partial charge in [0.25, 0.3) is 0 Å². The predicted molar refractivity (Wildman–Crippen MR) is 140 cm³/mol. The zero-order valence-electron chi connectivity index (χ0n) is 20.4. The molecule has 0 atom stereocenters. The molecular formula is C28H27N7O. The number of para-hydroxylation sites is 1. The minimum atomic E-state index is 0.235. The monoisotopic (exact) mass is 477 g/mol. The van der Waals surface area contributed by atoms with E-state index in [9.17, 15) is 4.79 Å². The highest BCUT2D eigenvalue weighted by Crippen LogP contribution is 2.41. The van der Waals surface area contributed by atoms with E-state index in [2.05, 4.69) is 59.5 Å². The van der Waals surface area contributed by atoms with Crippen molar-refractivity contribution in [2.75, 3.05) is 31.1 Å². The number of aromatic nitrogens is 5. The third kappa shape index (κ3) is 3.13. The molecule has 1 amide bonds. The second kappa shape index (κ2) is 7.65. The Labute approximate surface area is 208 Å². The normalized spacial score (nSPS) is 16.8. The standard InChI is InChI=1S/C28H27N7O/c1-19-5-3-7-22-26(21-6-4-8-24-23(21)14-32(2)30-24)31-35(27(19)22)20-9-10-25(29-13-20)34-16-28(17-34)11-12-33(15-28)18-36/h3-10,13-14,18H,11-12,15-17H2,1-2H3. The smallest absolute Gasteiger partial charge is 0.209 e. The van der Waals surface area contributed by atoms with Crippen molar-refractivity contribution in [2.45, 2.75) is 13.3 Å². The van der Waals surface area contributed by atoms with Crippen molar-refractivity contribution in [1.82, 2.24) is 29.4 Å². The van der Waals surface area contributed by atoms with Gasteiger partial charge >= 0.3 is 0 Å². The van der Waals surface area contributed by atoms with Crippen LogP contribution >= 0.6 is 0 Å². The average molecular weight is 478 g/mol. The van der Waals surface area contributed by atoms with Gasteiger partial charge < -0.3 is 9.80 Å². The van der Waals surface area contributed by atoms with Crippen molar-refractivity contribution >= 4 is 34.0 Å². The van der Waals surface area contributed by atoms with E-state index in [0.717, 1.165) is 83.6 Å². The van der Waals surface area contributed by atoms with Crippen molar-refractivity contribution in [2.24, 2.45) is 12.5 Å². The summed E-state index contributed by atoms with van der Waals surface area (Å²) in [5.41, 5.74) is 6.41. The van der Waals surface area contributed by atoms with Gasteiger partial charge in [0, 0.05) is 61.2 Å². The second-order valence-corrected chi connectivity index (χ2v) is 10.3. The second-order valence-electron chi connectivity index (χ2n) is 10.3. The molecule has 0 unspecified atom stereocenters. The summed E-state index contributed by atoms with van der Waals surface area (Å²) in [6.45, 7) is 5.75. The Morgan fingerprint density at radius 3 is 2.61 bits per heavy atom. The van der Waals surface area contributed by atoms with Crippen LogP contribution in [0.5, 0.6) is 0 Å². The molecule has 3 aromatic heterocycles. The first-order valence-corrected chi connectivity index (χ1v) is 12.4. The van der Waals surface area contributed by atoms with Gasteiger partial charge in [-0.2, -0.15) is 10.2 Å². The van der Waals surface area contributed by atoms with E-state index in [1.165, 1.54) is 5.56 Å². The largest absolute Gasteiger partial charge is 0.355 e. The molecule has 0 bridgehead atoms. The molecule has 2 aromatic carbocycles. The minimum absolute atomic E-state index is 0.235. The number of fused-ring (bicyclic) bond motifs is 2. The molecule has 0 aliphatic carbocycles. The van der Waals surface area contributed by atoms with Crippen LogP contribution in [0.4, 0.5) is 5.82 Å². The number of nitrogens with zero attached hydrogens (tertiary/aromatic N) is 7. The third-order valence-corrected chi connectivity index (χ3v) is 7.79. The number of pyridine rings is 1. The van der Waals surface area contributed by atoms with Gasteiger partial charge in [0.2, 0.25) is 6.41 Å². The van der Waals surface area contributed by atoms with Crippen LogP contribution in [-0.2, 0) is 11.8 Å². The number of hydrogen-bond donors (Lipinski definition) is 0. The van der Waals surface area contributed by atoms with Crippen molar-refractivity contribution in [3.63, 3.8) is 0 Å². The zero-order valence-corrected chi connectivity index (χ0v) is 20.4. The molecule has 180 valence electrons. The van der Waals surface area contributed by atoms with E-state index in [1.807, 2.05) is 39.6 Å². The molecule has 1 spiro atoms. The maximum Gasteiger partial charge on any atom is 0.209 e. The van der Waals surface area contributed by atoms with Crippen LogP contribution in [0.15, 0.2) is 60.9 Å². The van der Waals surface area contributed by atoms with Gasteiger partial charge in [-0.1, -0.05) is 30.3 Å². The molecule has 0 N–H and O–H groups in total. The number of amides is 1. The van der Waals surface area contributed by atoms with Gasteiger partial charge in [0.15, 0.2) is 0 Å². The van der Waals surface area contributed by atoms with E-state index in [4.69, 9.17) is 10.1 Å². The van der Waals surface area contributed by atoms with Gasteiger partial charge in [-0.3, -0.25) is 9.48 Å². The fourth-order valence-corrected chi connectivity index (χ4v) is 6.02. The molecule has 8 nitrogen and oxygen atoms in total. The number of aryl methyl sites for hydroxylation is 2. The van der Waals surface area contributed by atoms with Crippen LogP contribution in [0.3, 0.4) is 0 Å². The number of likely N-dealkylation sites (tertiary alicyclic amines) is 1. The van der Waals surface area contributed by atoms with Gasteiger partial charge in [0.05, 0.1) is 22.9 Å². The predicted octanol–water partition coefficient (Wildman–Crippen LogP) is 3.95. The first kappa shape index (κ1) is 21.1. The highest BCUT2D eigenvalue weighted by molar-refractivity contribution is 6.03. The van der Waals surface area contributed by atoms with E-state index in [-0.39, 0.29) is 5.41 Å². The molecule has 2 fully saturated rings. The van der Waals surface area contributed by atoms with Crippen LogP contribution < -0.4 is 4.90 Å². The van der Waals surface area contributed by atoms with Crippen molar-refractivity contribution in [3.05, 3.63) is 66.5 Å². The Balaban J connectivity index is 1.26. The third-order valence-electron chi connectivity index (χ3n) is 7.79. The summed E-state index contributed by atoms with van der Waals surface area (Å²) in [5, 5.41) is 11.9. The van der Waals surface area contributed by atoms with Gasteiger partial charge in [-0.25, -0.2) is 9.67 Å².